The lowest BCUT2D eigenvalue weighted by atomic mass is 9.65. The highest BCUT2D eigenvalue weighted by atomic mass is 14.6. The lowest BCUT2D eigenvalue weighted by Crippen LogP contribution is -2.35. The van der Waals surface area contributed by atoms with Crippen molar-refractivity contribution in [2.24, 2.45) is 22.5 Å². The van der Waals surface area contributed by atoms with Crippen LogP contribution in [-0.4, -0.2) is 6.54 Å². The molecule has 0 aliphatic heterocycles. The van der Waals surface area contributed by atoms with Gasteiger partial charge in [-0.15, -0.1) is 0 Å². The van der Waals surface area contributed by atoms with E-state index in [1.165, 1.54) is 25.7 Å². The van der Waals surface area contributed by atoms with E-state index in [1.807, 2.05) is 0 Å². The largest absolute Gasteiger partial charge is 0.330 e. The molecule has 0 radical (unpaired) electrons. The Bertz CT molecular complexity index is 158. The first kappa shape index (κ1) is 11.0. The molecule has 2 N–H and O–H groups in total. The lowest BCUT2D eigenvalue weighted by molar-refractivity contribution is 0.105. The van der Waals surface area contributed by atoms with Crippen LogP contribution in [0.2, 0.25) is 0 Å². The van der Waals surface area contributed by atoms with Crippen molar-refractivity contribution in [1.29, 1.82) is 0 Å². The smallest absolute Gasteiger partial charge is 0.00232 e. The van der Waals surface area contributed by atoms with E-state index < -0.39 is 0 Å². The summed E-state index contributed by atoms with van der Waals surface area (Å²) in [5, 5.41) is 0. The normalized spacial score (nSPS) is 36.2. The molecule has 0 aromatic carbocycles. The molecule has 0 aromatic heterocycles. The van der Waals surface area contributed by atoms with Crippen LogP contribution >= 0.6 is 0 Å². The number of hydrogen-bond acceptors (Lipinski definition) is 1. The zero-order valence-corrected chi connectivity index (χ0v) is 9.69. The van der Waals surface area contributed by atoms with Crippen molar-refractivity contribution in [3.05, 3.63) is 0 Å². The van der Waals surface area contributed by atoms with Crippen LogP contribution in [0.15, 0.2) is 0 Å². The predicted octanol–water partition coefficient (Wildman–Crippen LogP) is 3.19. The highest BCUT2D eigenvalue weighted by Gasteiger charge is 2.34. The Kier molecular flexibility index (Phi) is 3.06. The molecule has 1 heteroatoms. The molecule has 0 unspecified atom stereocenters. The van der Waals surface area contributed by atoms with E-state index in [4.69, 9.17) is 5.73 Å². The molecule has 1 fully saturated rings. The average molecular weight is 183 g/mol. The highest BCUT2D eigenvalue weighted by molar-refractivity contribution is 4.86. The van der Waals surface area contributed by atoms with Gasteiger partial charge in [0.25, 0.3) is 0 Å². The van der Waals surface area contributed by atoms with Crippen LogP contribution in [0.1, 0.15) is 53.4 Å². The zero-order chi connectivity index (χ0) is 10.1. The Hall–Kier alpha value is -0.0400. The van der Waals surface area contributed by atoms with Crippen LogP contribution in [-0.2, 0) is 0 Å². The van der Waals surface area contributed by atoms with Gasteiger partial charge in [-0.3, -0.25) is 0 Å². The molecule has 13 heavy (non-hydrogen) atoms. The van der Waals surface area contributed by atoms with Gasteiger partial charge >= 0.3 is 0 Å². The van der Waals surface area contributed by atoms with Crippen molar-refractivity contribution >= 4 is 0 Å². The molecule has 0 spiro atoms. The Balaban J connectivity index is 2.48. The first-order valence-electron chi connectivity index (χ1n) is 5.57. The summed E-state index contributed by atoms with van der Waals surface area (Å²) < 4.78 is 0. The second-order valence-electron chi connectivity index (χ2n) is 6.16. The average Bonchev–Trinajstić information content (AvgIpc) is 2.04. The van der Waals surface area contributed by atoms with E-state index in [-0.39, 0.29) is 0 Å². The molecule has 0 aromatic rings. The molecule has 1 nitrogen and oxygen atoms in total. The molecule has 1 rings (SSSR count). The summed E-state index contributed by atoms with van der Waals surface area (Å²) in [6, 6.07) is 0. The third-order valence-corrected chi connectivity index (χ3v) is 3.91. The van der Waals surface area contributed by atoms with Crippen molar-refractivity contribution in [1.82, 2.24) is 0 Å². The predicted molar refractivity (Wildman–Crippen MR) is 58.6 cm³/mol. The summed E-state index contributed by atoms with van der Waals surface area (Å²) >= 11 is 0. The van der Waals surface area contributed by atoms with E-state index >= 15 is 0 Å². The summed E-state index contributed by atoms with van der Waals surface area (Å²) in [4.78, 5) is 0. The van der Waals surface area contributed by atoms with Crippen LogP contribution in [0.25, 0.3) is 0 Å². The van der Waals surface area contributed by atoms with Crippen LogP contribution in [0.5, 0.6) is 0 Å². The minimum Gasteiger partial charge on any atom is -0.330 e. The number of nitrogens with two attached hydrogens (primary N) is 1. The number of rotatable bonds is 1. The van der Waals surface area contributed by atoms with Gasteiger partial charge in [-0.2, -0.15) is 0 Å². The lowest BCUT2D eigenvalue weighted by Gasteiger charge is -2.41. The highest BCUT2D eigenvalue weighted by Crippen LogP contribution is 2.44. The van der Waals surface area contributed by atoms with Gasteiger partial charge in [-0.1, -0.05) is 27.7 Å². The fourth-order valence-corrected chi connectivity index (χ4v) is 2.38. The second-order valence-corrected chi connectivity index (χ2v) is 6.16. The van der Waals surface area contributed by atoms with Crippen molar-refractivity contribution in [2.75, 3.05) is 6.54 Å². The Morgan fingerprint density at radius 1 is 1.23 bits per heavy atom. The summed E-state index contributed by atoms with van der Waals surface area (Å²) in [6.45, 7) is 10.3. The van der Waals surface area contributed by atoms with Gasteiger partial charge in [-0.25, -0.2) is 0 Å². The van der Waals surface area contributed by atoms with Gasteiger partial charge < -0.3 is 5.73 Å². The molecular weight excluding hydrogens is 158 g/mol. The summed E-state index contributed by atoms with van der Waals surface area (Å²) in [5.74, 6) is 0.909. The van der Waals surface area contributed by atoms with Gasteiger partial charge in [-0.05, 0) is 49.0 Å². The minimum atomic E-state index is 0.446. The number of hydrogen-bond donors (Lipinski definition) is 1. The van der Waals surface area contributed by atoms with E-state index in [9.17, 15) is 0 Å². The van der Waals surface area contributed by atoms with Gasteiger partial charge in [0.05, 0.1) is 0 Å². The maximum atomic E-state index is 5.79. The van der Waals surface area contributed by atoms with Crippen LogP contribution in [0.3, 0.4) is 0 Å². The molecule has 1 saturated carbocycles. The molecule has 0 bridgehead atoms. The van der Waals surface area contributed by atoms with Crippen molar-refractivity contribution in [3.63, 3.8) is 0 Å². The SMILES string of the molecule is CC1(CN)CCC(C(C)(C)C)CC1. The summed E-state index contributed by atoms with van der Waals surface area (Å²) in [7, 11) is 0. The zero-order valence-electron chi connectivity index (χ0n) is 9.69. The van der Waals surface area contributed by atoms with Crippen LogP contribution in [0, 0.1) is 16.7 Å². The van der Waals surface area contributed by atoms with Gasteiger partial charge in [0.2, 0.25) is 0 Å². The maximum Gasteiger partial charge on any atom is -0.00232 e. The Labute approximate surface area is 83.1 Å². The molecule has 78 valence electrons. The van der Waals surface area contributed by atoms with Gasteiger partial charge in [0, 0.05) is 0 Å². The van der Waals surface area contributed by atoms with E-state index in [1.54, 1.807) is 0 Å². The maximum absolute atomic E-state index is 5.79. The van der Waals surface area contributed by atoms with Gasteiger partial charge in [0.15, 0.2) is 0 Å². The fraction of sp³-hybridized carbons (Fsp3) is 1.00. The summed E-state index contributed by atoms with van der Waals surface area (Å²) in [5.41, 5.74) is 6.73. The third-order valence-electron chi connectivity index (χ3n) is 3.91. The molecule has 0 saturated heterocycles. The quantitative estimate of drug-likeness (QED) is 0.664. The van der Waals surface area contributed by atoms with Crippen molar-refractivity contribution in [2.45, 2.75) is 53.4 Å². The molecule has 0 heterocycles. The monoisotopic (exact) mass is 183 g/mol. The topological polar surface area (TPSA) is 26.0 Å². The molecule has 1 aliphatic carbocycles. The third kappa shape index (κ3) is 2.70. The van der Waals surface area contributed by atoms with Crippen LogP contribution in [0.4, 0.5) is 0 Å². The van der Waals surface area contributed by atoms with E-state index in [0.717, 1.165) is 12.5 Å². The second kappa shape index (κ2) is 3.61. The van der Waals surface area contributed by atoms with Gasteiger partial charge in [0.1, 0.15) is 0 Å². The standard InChI is InChI=1S/C12H25N/c1-11(2,3)10-5-7-12(4,9-13)8-6-10/h10H,5-9,13H2,1-4H3. The molecule has 0 atom stereocenters. The molecule has 0 amide bonds. The Morgan fingerprint density at radius 3 is 2.00 bits per heavy atom. The van der Waals surface area contributed by atoms with Crippen molar-refractivity contribution < 1.29 is 0 Å². The first-order valence-corrected chi connectivity index (χ1v) is 5.57. The van der Waals surface area contributed by atoms with E-state index in [0.29, 0.717) is 10.8 Å². The summed E-state index contributed by atoms with van der Waals surface area (Å²) in [6.07, 6.45) is 5.39. The Morgan fingerprint density at radius 2 is 1.69 bits per heavy atom. The van der Waals surface area contributed by atoms with E-state index in [2.05, 4.69) is 27.7 Å². The fourth-order valence-electron chi connectivity index (χ4n) is 2.38. The first-order chi connectivity index (χ1) is 5.87. The molecule has 1 aliphatic rings. The molecular formula is C12H25N. The van der Waals surface area contributed by atoms with Crippen LogP contribution < -0.4 is 5.73 Å². The minimum absolute atomic E-state index is 0.446. The van der Waals surface area contributed by atoms with Crippen molar-refractivity contribution in [3.8, 4) is 0 Å².